The molecular weight excluding hydrogens is 468 g/mol. The second kappa shape index (κ2) is 8.97. The van der Waals surface area contributed by atoms with E-state index in [0.717, 1.165) is 16.9 Å². The molecule has 0 saturated heterocycles. The first-order chi connectivity index (χ1) is 15.2. The minimum atomic E-state index is -3.83. The third-order valence-electron chi connectivity index (χ3n) is 4.71. The lowest BCUT2D eigenvalue weighted by atomic mass is 10.2. The second-order valence-electron chi connectivity index (χ2n) is 7.47. The van der Waals surface area contributed by atoms with E-state index in [9.17, 15) is 13.2 Å². The second-order valence-corrected chi connectivity index (χ2v) is 10.6. The number of anilines is 1. The summed E-state index contributed by atoms with van der Waals surface area (Å²) >= 11 is 7.24. The summed E-state index contributed by atoms with van der Waals surface area (Å²) in [7, 11) is -3.83. The molecule has 4 rings (SSSR count). The van der Waals surface area contributed by atoms with Crippen molar-refractivity contribution >= 4 is 48.9 Å². The third kappa shape index (κ3) is 4.82. The monoisotopic (exact) mass is 488 g/mol. The van der Waals surface area contributed by atoms with E-state index in [1.54, 1.807) is 41.0 Å². The topological polar surface area (TPSA) is 77.4 Å². The Labute approximate surface area is 195 Å². The number of fused-ring (bicyclic) bond motifs is 1. The van der Waals surface area contributed by atoms with E-state index in [2.05, 4.69) is 4.72 Å². The molecule has 9 heteroatoms. The van der Waals surface area contributed by atoms with Crippen LogP contribution in [-0.4, -0.2) is 19.1 Å². The highest BCUT2D eigenvalue weighted by molar-refractivity contribution is 7.92. The van der Waals surface area contributed by atoms with Crippen LogP contribution in [0.4, 0.5) is 5.69 Å². The third-order valence-corrected chi connectivity index (χ3v) is 7.40. The van der Waals surface area contributed by atoms with Gasteiger partial charge in [0.1, 0.15) is 5.75 Å². The van der Waals surface area contributed by atoms with Gasteiger partial charge in [-0.3, -0.25) is 14.1 Å². The largest absolute Gasteiger partial charge is 0.491 e. The van der Waals surface area contributed by atoms with Crippen LogP contribution in [0.2, 0.25) is 5.02 Å². The van der Waals surface area contributed by atoms with Crippen LogP contribution in [0.5, 0.6) is 5.75 Å². The maximum atomic E-state index is 12.9. The van der Waals surface area contributed by atoms with Gasteiger partial charge in [0, 0.05) is 10.7 Å². The number of benzene rings is 3. The normalized spacial score (nSPS) is 11.8. The van der Waals surface area contributed by atoms with E-state index in [1.807, 2.05) is 32.0 Å². The van der Waals surface area contributed by atoms with Crippen LogP contribution in [-0.2, 0) is 16.6 Å². The zero-order valence-electron chi connectivity index (χ0n) is 17.4. The molecule has 1 aromatic heterocycles. The zero-order valence-corrected chi connectivity index (χ0v) is 19.8. The van der Waals surface area contributed by atoms with E-state index in [1.165, 1.54) is 12.1 Å². The van der Waals surface area contributed by atoms with Gasteiger partial charge in [0.05, 0.1) is 27.8 Å². The van der Waals surface area contributed by atoms with Crippen molar-refractivity contribution in [3.05, 3.63) is 87.0 Å². The van der Waals surface area contributed by atoms with Gasteiger partial charge in [-0.15, -0.1) is 0 Å². The van der Waals surface area contributed by atoms with E-state index in [0.29, 0.717) is 33.2 Å². The summed E-state index contributed by atoms with van der Waals surface area (Å²) in [5.41, 5.74) is 1.90. The van der Waals surface area contributed by atoms with Crippen LogP contribution in [0.25, 0.3) is 10.2 Å². The lowest BCUT2D eigenvalue weighted by Crippen LogP contribution is -2.14. The Morgan fingerprint density at radius 3 is 2.47 bits per heavy atom. The Bertz CT molecular complexity index is 1420. The molecule has 32 heavy (non-hydrogen) atoms. The Morgan fingerprint density at radius 1 is 1.06 bits per heavy atom. The molecule has 166 valence electrons. The lowest BCUT2D eigenvalue weighted by molar-refractivity contribution is 0.242. The Kier molecular flexibility index (Phi) is 6.28. The van der Waals surface area contributed by atoms with Gasteiger partial charge in [-0.1, -0.05) is 41.1 Å². The van der Waals surface area contributed by atoms with Crippen LogP contribution < -0.4 is 14.3 Å². The van der Waals surface area contributed by atoms with Crippen molar-refractivity contribution in [1.29, 1.82) is 0 Å². The molecule has 0 aliphatic carbocycles. The molecular formula is C23H21ClN2O4S2. The number of ether oxygens (including phenoxy) is 1. The first kappa shape index (κ1) is 22.4. The summed E-state index contributed by atoms with van der Waals surface area (Å²) < 4.78 is 36.1. The number of hydrogen-bond donors (Lipinski definition) is 1. The molecule has 1 heterocycles. The van der Waals surface area contributed by atoms with Gasteiger partial charge in [0.25, 0.3) is 10.0 Å². The lowest BCUT2D eigenvalue weighted by Gasteiger charge is -2.12. The van der Waals surface area contributed by atoms with E-state index in [4.69, 9.17) is 16.3 Å². The molecule has 0 radical (unpaired) electrons. The first-order valence-corrected chi connectivity index (χ1v) is 12.6. The summed E-state index contributed by atoms with van der Waals surface area (Å²) in [5.74, 6) is 0.661. The summed E-state index contributed by atoms with van der Waals surface area (Å²) in [6, 6.07) is 18.7. The fraction of sp³-hybridized carbons (Fsp3) is 0.174. The molecule has 1 N–H and O–H groups in total. The van der Waals surface area contributed by atoms with Crippen LogP contribution in [0, 0.1) is 0 Å². The maximum Gasteiger partial charge on any atom is 0.308 e. The fourth-order valence-corrected chi connectivity index (χ4v) is 5.53. The number of halogens is 1. The van der Waals surface area contributed by atoms with Gasteiger partial charge >= 0.3 is 4.87 Å². The molecule has 4 aromatic rings. The van der Waals surface area contributed by atoms with Crippen LogP contribution in [0.3, 0.4) is 0 Å². The number of sulfonamides is 1. The highest BCUT2D eigenvalue weighted by atomic mass is 35.5. The van der Waals surface area contributed by atoms with Crippen molar-refractivity contribution in [2.45, 2.75) is 31.4 Å². The maximum absolute atomic E-state index is 12.9. The molecule has 0 unspecified atom stereocenters. The molecule has 0 aliphatic heterocycles. The van der Waals surface area contributed by atoms with Crippen LogP contribution >= 0.6 is 22.9 Å². The minimum Gasteiger partial charge on any atom is -0.491 e. The molecule has 3 aromatic carbocycles. The number of hydrogen-bond acceptors (Lipinski definition) is 5. The molecule has 0 amide bonds. The number of nitrogens with one attached hydrogen (secondary N) is 1. The standard InChI is InChI=1S/C23H21ClN2O4S2/c1-15(2)30-18-9-7-17(8-10-18)25-32(28,29)19-11-12-21-22(13-19)31-23(27)26(21)14-16-5-3-4-6-20(16)24/h3-13,15,25H,14H2,1-2H3. The van der Waals surface area contributed by atoms with Crippen molar-refractivity contribution in [2.75, 3.05) is 4.72 Å². The molecule has 6 nitrogen and oxygen atoms in total. The van der Waals surface area contributed by atoms with Crippen molar-refractivity contribution in [3.8, 4) is 5.75 Å². The van der Waals surface area contributed by atoms with E-state index >= 15 is 0 Å². The zero-order chi connectivity index (χ0) is 22.9. The van der Waals surface area contributed by atoms with Crippen LogP contribution in [0.1, 0.15) is 19.4 Å². The van der Waals surface area contributed by atoms with E-state index in [-0.39, 0.29) is 15.9 Å². The molecule has 0 bridgehead atoms. The van der Waals surface area contributed by atoms with Gasteiger partial charge in [0.2, 0.25) is 0 Å². The summed E-state index contributed by atoms with van der Waals surface area (Å²) in [5, 5.41) is 0.576. The number of nitrogens with zero attached hydrogens (tertiary/aromatic N) is 1. The van der Waals surface area contributed by atoms with Gasteiger partial charge in [-0.25, -0.2) is 8.42 Å². The molecule has 0 aliphatic rings. The highest BCUT2D eigenvalue weighted by Gasteiger charge is 2.18. The SMILES string of the molecule is CC(C)Oc1ccc(NS(=O)(=O)c2ccc3c(c2)sc(=O)n3Cc2ccccc2Cl)cc1. The summed E-state index contributed by atoms with van der Waals surface area (Å²) in [6.45, 7) is 4.15. The fourth-order valence-electron chi connectivity index (χ4n) is 3.25. The quantitative estimate of drug-likeness (QED) is 0.380. The van der Waals surface area contributed by atoms with Crippen molar-refractivity contribution in [3.63, 3.8) is 0 Å². The first-order valence-electron chi connectivity index (χ1n) is 9.89. The predicted molar refractivity (Wildman–Crippen MR) is 130 cm³/mol. The van der Waals surface area contributed by atoms with E-state index < -0.39 is 10.0 Å². The van der Waals surface area contributed by atoms with Gasteiger partial charge < -0.3 is 4.74 Å². The average molecular weight is 489 g/mol. The Morgan fingerprint density at radius 2 is 1.78 bits per heavy atom. The highest BCUT2D eigenvalue weighted by Crippen LogP contribution is 2.26. The van der Waals surface area contributed by atoms with Crippen molar-refractivity contribution < 1.29 is 13.2 Å². The Balaban J connectivity index is 1.61. The molecule has 0 atom stereocenters. The molecule has 0 saturated carbocycles. The van der Waals surface area contributed by atoms with Gasteiger partial charge in [-0.05, 0) is 67.9 Å². The minimum absolute atomic E-state index is 0.0293. The number of aromatic nitrogens is 1. The Hall–Kier alpha value is -2.81. The molecule has 0 fully saturated rings. The number of thiazole rings is 1. The van der Waals surface area contributed by atoms with Crippen molar-refractivity contribution in [2.24, 2.45) is 0 Å². The average Bonchev–Trinajstić information content (AvgIpc) is 3.05. The van der Waals surface area contributed by atoms with Gasteiger partial charge in [-0.2, -0.15) is 0 Å². The smallest absolute Gasteiger partial charge is 0.308 e. The summed E-state index contributed by atoms with van der Waals surface area (Å²) in [4.78, 5) is 12.5. The van der Waals surface area contributed by atoms with Crippen molar-refractivity contribution in [1.82, 2.24) is 4.57 Å². The predicted octanol–water partition coefficient (Wildman–Crippen LogP) is 5.35. The van der Waals surface area contributed by atoms with Gasteiger partial charge in [0.15, 0.2) is 0 Å². The number of rotatable bonds is 7. The van der Waals surface area contributed by atoms with Crippen LogP contribution in [0.15, 0.2) is 76.4 Å². The molecule has 0 spiro atoms. The summed E-state index contributed by atoms with van der Waals surface area (Å²) in [6.07, 6.45) is 0.0293.